The van der Waals surface area contributed by atoms with Crippen molar-refractivity contribution < 1.29 is 19.1 Å². The van der Waals surface area contributed by atoms with E-state index in [9.17, 15) is 14.9 Å². The molecule has 0 atom stereocenters. The summed E-state index contributed by atoms with van der Waals surface area (Å²) in [5.41, 5.74) is 2.79. The van der Waals surface area contributed by atoms with E-state index in [0.717, 1.165) is 5.56 Å². The van der Waals surface area contributed by atoms with Gasteiger partial charge in [0.05, 0.1) is 10.7 Å². The summed E-state index contributed by atoms with van der Waals surface area (Å²) in [6.07, 6.45) is 1.47. The van der Waals surface area contributed by atoms with Crippen LogP contribution in [0.1, 0.15) is 11.1 Å². The summed E-state index contributed by atoms with van der Waals surface area (Å²) in [5, 5.41) is 15.0. The summed E-state index contributed by atoms with van der Waals surface area (Å²) in [6, 6.07) is 21.7. The van der Waals surface area contributed by atoms with Crippen LogP contribution in [0, 0.1) is 21.8 Å². The first-order chi connectivity index (χ1) is 16.4. The lowest BCUT2D eigenvalue weighted by Crippen LogP contribution is -2.20. The fourth-order valence-electron chi connectivity index (χ4n) is 3.06. The average Bonchev–Trinajstić information content (AvgIpc) is 2.82. The molecule has 0 aliphatic carbocycles. The number of ether oxygens (including phenoxy) is 2. The van der Waals surface area contributed by atoms with Crippen LogP contribution in [-0.2, 0) is 9.59 Å². The molecular formula is C26H22IN3O4. The molecule has 0 aromatic heterocycles. The molecule has 0 fully saturated rings. The van der Waals surface area contributed by atoms with E-state index in [-0.39, 0.29) is 18.1 Å². The first kappa shape index (κ1) is 24.8. The second-order valence-corrected chi connectivity index (χ2v) is 8.39. The number of nitrogens with one attached hydrogen (secondary N) is 2. The van der Waals surface area contributed by atoms with Crippen LogP contribution in [0.15, 0.2) is 72.3 Å². The van der Waals surface area contributed by atoms with Crippen LogP contribution in [0.3, 0.4) is 0 Å². The van der Waals surface area contributed by atoms with Crippen LogP contribution in [0.4, 0.5) is 11.4 Å². The van der Waals surface area contributed by atoms with Crippen molar-refractivity contribution in [3.63, 3.8) is 0 Å². The molecular weight excluding hydrogens is 545 g/mol. The molecule has 0 saturated heterocycles. The number of nitriles is 1. The lowest BCUT2D eigenvalue weighted by atomic mass is 10.1. The molecule has 0 aliphatic rings. The lowest BCUT2D eigenvalue weighted by molar-refractivity contribution is -0.118. The van der Waals surface area contributed by atoms with Crippen molar-refractivity contribution in [1.29, 1.82) is 5.26 Å². The number of carbonyl (C=O) groups excluding carboxylic acids is 2. The van der Waals surface area contributed by atoms with Crippen LogP contribution in [0.25, 0.3) is 6.08 Å². The number of carbonyl (C=O) groups is 2. The average molecular weight is 567 g/mol. The number of nitrogens with zero attached hydrogens (tertiary/aromatic N) is 1. The zero-order valence-corrected chi connectivity index (χ0v) is 20.8. The molecule has 0 bridgehead atoms. The Kier molecular flexibility index (Phi) is 8.65. The number of hydrogen-bond donors (Lipinski definition) is 2. The highest BCUT2D eigenvalue weighted by Crippen LogP contribution is 2.34. The van der Waals surface area contributed by atoms with Crippen LogP contribution in [0.5, 0.6) is 11.5 Å². The van der Waals surface area contributed by atoms with E-state index in [0.29, 0.717) is 32.0 Å². The maximum atomic E-state index is 12.6. The van der Waals surface area contributed by atoms with Gasteiger partial charge in [-0.25, -0.2) is 0 Å². The molecule has 8 heteroatoms. The zero-order valence-electron chi connectivity index (χ0n) is 18.6. The first-order valence-electron chi connectivity index (χ1n) is 10.2. The number of aryl methyl sites for hydroxylation is 1. The number of halogens is 1. The SMILES string of the molecule is COc1cc(/C=C(\C#N)C(=O)Nc2cccc(C)c2)cc(I)c1OCC(=O)Nc1ccccc1. The van der Waals surface area contributed by atoms with Gasteiger partial charge in [-0.1, -0.05) is 30.3 Å². The summed E-state index contributed by atoms with van der Waals surface area (Å²) in [7, 11) is 1.48. The topological polar surface area (TPSA) is 100 Å². The number of benzene rings is 3. The highest BCUT2D eigenvalue weighted by molar-refractivity contribution is 14.1. The number of hydrogen-bond acceptors (Lipinski definition) is 5. The predicted molar refractivity (Wildman–Crippen MR) is 140 cm³/mol. The predicted octanol–water partition coefficient (Wildman–Crippen LogP) is 5.17. The lowest BCUT2D eigenvalue weighted by Gasteiger charge is -2.14. The molecule has 0 spiro atoms. The minimum absolute atomic E-state index is 0.0599. The van der Waals surface area contributed by atoms with Gasteiger partial charge in [0.1, 0.15) is 11.6 Å². The molecule has 0 unspecified atom stereocenters. The summed E-state index contributed by atoms with van der Waals surface area (Å²) in [5.74, 6) is -0.0548. The minimum atomic E-state index is -0.514. The zero-order chi connectivity index (χ0) is 24.5. The Morgan fingerprint density at radius 2 is 1.76 bits per heavy atom. The third-order valence-corrected chi connectivity index (χ3v) is 5.41. The normalized spacial score (nSPS) is 10.7. The third kappa shape index (κ3) is 6.83. The van der Waals surface area contributed by atoms with E-state index in [2.05, 4.69) is 33.2 Å². The van der Waals surface area contributed by atoms with Crippen molar-refractivity contribution in [2.24, 2.45) is 0 Å². The Morgan fingerprint density at radius 3 is 2.44 bits per heavy atom. The molecule has 172 valence electrons. The molecule has 0 saturated carbocycles. The molecule has 0 radical (unpaired) electrons. The maximum Gasteiger partial charge on any atom is 0.266 e. The maximum absolute atomic E-state index is 12.6. The van der Waals surface area contributed by atoms with Gasteiger partial charge in [-0.3, -0.25) is 9.59 Å². The molecule has 34 heavy (non-hydrogen) atoms. The number of anilines is 2. The first-order valence-corrected chi connectivity index (χ1v) is 11.3. The van der Waals surface area contributed by atoms with E-state index < -0.39 is 5.91 Å². The van der Waals surface area contributed by atoms with E-state index >= 15 is 0 Å². The second kappa shape index (κ2) is 11.9. The van der Waals surface area contributed by atoms with Gasteiger partial charge in [-0.05, 0) is 83.1 Å². The number of para-hydroxylation sites is 1. The van der Waals surface area contributed by atoms with Crippen molar-refractivity contribution in [1.82, 2.24) is 0 Å². The molecule has 3 aromatic rings. The van der Waals surface area contributed by atoms with Crippen molar-refractivity contribution >= 4 is 51.9 Å². The van der Waals surface area contributed by atoms with Gasteiger partial charge in [0, 0.05) is 11.4 Å². The van der Waals surface area contributed by atoms with E-state index in [1.807, 2.05) is 49.4 Å². The van der Waals surface area contributed by atoms with Gasteiger partial charge >= 0.3 is 0 Å². The van der Waals surface area contributed by atoms with Crippen molar-refractivity contribution in [3.8, 4) is 17.6 Å². The smallest absolute Gasteiger partial charge is 0.266 e. The van der Waals surface area contributed by atoms with Crippen LogP contribution >= 0.6 is 22.6 Å². The molecule has 3 aromatic carbocycles. The molecule has 3 rings (SSSR count). The summed E-state index contributed by atoms with van der Waals surface area (Å²) in [4.78, 5) is 24.8. The van der Waals surface area contributed by atoms with Crippen molar-refractivity contribution in [2.75, 3.05) is 24.4 Å². The Balaban J connectivity index is 1.74. The Hall–Kier alpha value is -3.84. The highest BCUT2D eigenvalue weighted by atomic mass is 127. The van der Waals surface area contributed by atoms with Gasteiger partial charge in [-0.15, -0.1) is 0 Å². The summed E-state index contributed by atoms with van der Waals surface area (Å²) >= 11 is 2.05. The Morgan fingerprint density at radius 1 is 1.03 bits per heavy atom. The number of methoxy groups -OCH3 is 1. The number of rotatable bonds is 8. The quantitative estimate of drug-likeness (QED) is 0.222. The number of amides is 2. The van der Waals surface area contributed by atoms with Gasteiger partial charge < -0.3 is 20.1 Å². The summed E-state index contributed by atoms with van der Waals surface area (Å²) < 4.78 is 11.8. The Bertz CT molecular complexity index is 1270. The monoisotopic (exact) mass is 567 g/mol. The van der Waals surface area contributed by atoms with Crippen LogP contribution in [0.2, 0.25) is 0 Å². The van der Waals surface area contributed by atoms with Gasteiger partial charge in [0.25, 0.3) is 11.8 Å². The van der Waals surface area contributed by atoms with Gasteiger partial charge in [-0.2, -0.15) is 5.26 Å². The molecule has 0 heterocycles. The Labute approximate surface area is 211 Å². The third-order valence-electron chi connectivity index (χ3n) is 4.61. The largest absolute Gasteiger partial charge is 0.493 e. The fraction of sp³-hybridized carbons (Fsp3) is 0.115. The van der Waals surface area contributed by atoms with E-state index in [4.69, 9.17) is 9.47 Å². The molecule has 0 aliphatic heterocycles. The van der Waals surface area contributed by atoms with Gasteiger partial charge in [0.15, 0.2) is 18.1 Å². The van der Waals surface area contributed by atoms with Gasteiger partial charge in [0.2, 0.25) is 0 Å². The minimum Gasteiger partial charge on any atom is -0.493 e. The fourth-order valence-corrected chi connectivity index (χ4v) is 3.84. The van der Waals surface area contributed by atoms with E-state index in [1.54, 1.807) is 30.3 Å². The van der Waals surface area contributed by atoms with Crippen molar-refractivity contribution in [2.45, 2.75) is 6.92 Å². The second-order valence-electron chi connectivity index (χ2n) is 7.23. The molecule has 7 nitrogen and oxygen atoms in total. The molecule has 2 N–H and O–H groups in total. The standard InChI is InChI=1S/C26H22IN3O4/c1-17-7-6-10-21(11-17)30-26(32)19(15-28)12-18-13-22(27)25(23(14-18)33-2)34-16-24(31)29-20-8-4-3-5-9-20/h3-14H,16H2,1-2H3,(H,29,31)(H,30,32)/b19-12+. The van der Waals surface area contributed by atoms with Crippen LogP contribution < -0.4 is 20.1 Å². The highest BCUT2D eigenvalue weighted by Gasteiger charge is 2.15. The van der Waals surface area contributed by atoms with E-state index in [1.165, 1.54) is 13.2 Å². The molecule has 2 amide bonds. The van der Waals surface area contributed by atoms with Crippen molar-refractivity contribution in [3.05, 3.63) is 87.0 Å². The summed E-state index contributed by atoms with van der Waals surface area (Å²) in [6.45, 7) is 1.71. The van der Waals surface area contributed by atoms with Crippen LogP contribution in [-0.4, -0.2) is 25.5 Å².